The zero-order valence-electron chi connectivity index (χ0n) is 29.7. The van der Waals surface area contributed by atoms with Gasteiger partial charge in [-0.2, -0.15) is 26.3 Å². The summed E-state index contributed by atoms with van der Waals surface area (Å²) >= 11 is 0. The maximum Gasteiger partial charge on any atom is 0.420 e. The molecule has 1 aliphatic rings. The van der Waals surface area contributed by atoms with Gasteiger partial charge in [-0.25, -0.2) is 0 Å². The van der Waals surface area contributed by atoms with Gasteiger partial charge in [0, 0.05) is 11.4 Å². The molecule has 0 unspecified atom stereocenters. The number of alkyl halides is 6. The summed E-state index contributed by atoms with van der Waals surface area (Å²) in [5.41, 5.74) is 17.5. The number of hydrogen-bond donors (Lipinski definition) is 2. The first-order valence-electron chi connectivity index (χ1n) is 17.9. The van der Waals surface area contributed by atoms with Crippen LogP contribution < -0.4 is 20.9 Å². The van der Waals surface area contributed by atoms with Crippen molar-refractivity contribution in [1.29, 1.82) is 0 Å². The van der Waals surface area contributed by atoms with Crippen LogP contribution in [0.2, 0.25) is 0 Å². The van der Waals surface area contributed by atoms with E-state index in [1.54, 1.807) is 0 Å². The van der Waals surface area contributed by atoms with Gasteiger partial charge in [0.1, 0.15) is 11.5 Å². The van der Waals surface area contributed by atoms with E-state index in [0.29, 0.717) is 25.7 Å². The van der Waals surface area contributed by atoms with E-state index >= 15 is 0 Å². The molecule has 10 heteroatoms. The van der Waals surface area contributed by atoms with Gasteiger partial charge in [-0.05, 0) is 107 Å². The fourth-order valence-corrected chi connectivity index (χ4v) is 7.57. The quantitative estimate of drug-likeness (QED) is 0.0741. The molecule has 6 aromatic rings. The SMILES string of the molecule is Nc1ccc(OCCCc2ccc(C3(c4ccc(CCCOc5ccc(N)cc5C(F)(F)F)cc4)c4ccccc4-c4ccccc43)cc2)c(C(F)(F)F)c1. The molecular formula is C45H38F6N2O2. The Morgan fingerprint density at radius 2 is 0.855 bits per heavy atom. The van der Waals surface area contributed by atoms with Crippen LogP contribution in [0.1, 0.15) is 57.3 Å². The maximum absolute atomic E-state index is 13.5. The summed E-state index contributed by atoms with van der Waals surface area (Å²) in [4.78, 5) is 0. The predicted molar refractivity (Wildman–Crippen MR) is 203 cm³/mol. The highest BCUT2D eigenvalue weighted by Crippen LogP contribution is 2.56. The molecule has 0 aromatic heterocycles. The Labute approximate surface area is 315 Å². The first kappa shape index (κ1) is 37.4. The first-order chi connectivity index (χ1) is 26.4. The second-order valence-corrected chi connectivity index (χ2v) is 13.6. The van der Waals surface area contributed by atoms with E-state index in [0.717, 1.165) is 56.6 Å². The number of aryl methyl sites for hydroxylation is 2. The third-order valence-electron chi connectivity index (χ3n) is 10.1. The molecule has 55 heavy (non-hydrogen) atoms. The molecule has 0 aliphatic heterocycles. The molecule has 6 aromatic carbocycles. The molecule has 4 N–H and O–H groups in total. The number of nitrogen functional groups attached to an aromatic ring is 2. The second kappa shape index (κ2) is 15.1. The minimum absolute atomic E-state index is 0.0195. The van der Waals surface area contributed by atoms with Crippen LogP contribution >= 0.6 is 0 Å². The number of rotatable bonds is 12. The van der Waals surface area contributed by atoms with Gasteiger partial charge in [0.25, 0.3) is 0 Å². The standard InChI is InChI=1S/C45H38F6N2O2/c46-44(47,48)39-27-33(52)21-23-41(39)54-25-5-7-29-13-17-31(18-14-29)43(37-11-3-1-9-35(37)36-10-2-4-12-38(36)43)32-19-15-30(16-20-32)8-6-26-55-42-24-22-34(53)28-40(42)45(49,50)51/h1-4,9-24,27-28H,5-8,25-26,52-53H2. The van der Waals surface area contributed by atoms with E-state index in [1.807, 2.05) is 24.3 Å². The van der Waals surface area contributed by atoms with Gasteiger partial charge < -0.3 is 20.9 Å². The molecule has 4 nitrogen and oxygen atoms in total. The summed E-state index contributed by atoms with van der Waals surface area (Å²) in [5.74, 6) is -0.482. The van der Waals surface area contributed by atoms with Crippen LogP contribution in [-0.2, 0) is 30.6 Å². The van der Waals surface area contributed by atoms with Crippen LogP contribution in [0.15, 0.2) is 133 Å². The van der Waals surface area contributed by atoms with Crippen molar-refractivity contribution in [3.8, 4) is 22.6 Å². The van der Waals surface area contributed by atoms with Crippen molar-refractivity contribution in [2.45, 2.75) is 43.5 Å². The molecular weight excluding hydrogens is 714 g/mol. The Kier molecular flexibility index (Phi) is 10.3. The number of ether oxygens (including phenoxy) is 2. The number of anilines is 2. The molecule has 0 radical (unpaired) electrons. The second-order valence-electron chi connectivity index (χ2n) is 13.6. The Bertz CT molecular complexity index is 2120. The lowest BCUT2D eigenvalue weighted by atomic mass is 9.67. The minimum Gasteiger partial charge on any atom is -0.493 e. The lowest BCUT2D eigenvalue weighted by molar-refractivity contribution is -0.139. The third-order valence-corrected chi connectivity index (χ3v) is 10.1. The third kappa shape index (κ3) is 7.58. The number of fused-ring (bicyclic) bond motifs is 3. The van der Waals surface area contributed by atoms with Crippen molar-refractivity contribution in [3.05, 3.63) is 178 Å². The van der Waals surface area contributed by atoms with Crippen LogP contribution in [-0.4, -0.2) is 13.2 Å². The van der Waals surface area contributed by atoms with E-state index in [2.05, 4.69) is 72.8 Å². The molecule has 0 heterocycles. The predicted octanol–water partition coefficient (Wildman–Crippen LogP) is 11.3. The highest BCUT2D eigenvalue weighted by Gasteiger charge is 2.46. The van der Waals surface area contributed by atoms with Crippen LogP contribution in [0, 0.1) is 0 Å². The summed E-state index contributed by atoms with van der Waals surface area (Å²) in [5, 5.41) is 0. The summed E-state index contributed by atoms with van der Waals surface area (Å²) in [6.07, 6.45) is -6.93. The number of halogens is 6. The van der Waals surface area contributed by atoms with Crippen molar-refractivity contribution in [2.75, 3.05) is 24.7 Å². The number of benzene rings is 6. The number of nitrogens with two attached hydrogens (primary N) is 2. The monoisotopic (exact) mass is 752 g/mol. The number of hydrogen-bond acceptors (Lipinski definition) is 4. The molecule has 0 fully saturated rings. The molecule has 0 amide bonds. The largest absolute Gasteiger partial charge is 0.493 e. The van der Waals surface area contributed by atoms with Crippen molar-refractivity contribution in [2.24, 2.45) is 0 Å². The topological polar surface area (TPSA) is 70.5 Å². The Balaban J connectivity index is 1.10. The fourth-order valence-electron chi connectivity index (χ4n) is 7.57. The zero-order chi connectivity index (χ0) is 38.8. The van der Waals surface area contributed by atoms with Crippen molar-refractivity contribution >= 4 is 11.4 Å². The van der Waals surface area contributed by atoms with E-state index in [1.165, 1.54) is 24.3 Å². The van der Waals surface area contributed by atoms with Crippen molar-refractivity contribution < 1.29 is 35.8 Å². The molecule has 282 valence electrons. The highest BCUT2D eigenvalue weighted by atomic mass is 19.4. The van der Waals surface area contributed by atoms with E-state index in [9.17, 15) is 26.3 Å². The Hall–Kier alpha value is -5.90. The molecule has 0 saturated carbocycles. The smallest absolute Gasteiger partial charge is 0.420 e. The summed E-state index contributed by atoms with van der Waals surface area (Å²) < 4.78 is 92.2. The fraction of sp³-hybridized carbons (Fsp3) is 0.200. The van der Waals surface area contributed by atoms with Crippen molar-refractivity contribution in [1.82, 2.24) is 0 Å². The summed E-state index contributed by atoms with van der Waals surface area (Å²) in [7, 11) is 0. The van der Waals surface area contributed by atoms with E-state index in [-0.39, 0.29) is 36.1 Å². The van der Waals surface area contributed by atoms with Crippen LogP contribution in [0.3, 0.4) is 0 Å². The van der Waals surface area contributed by atoms with Crippen LogP contribution in [0.4, 0.5) is 37.7 Å². The Morgan fingerprint density at radius 1 is 0.473 bits per heavy atom. The van der Waals surface area contributed by atoms with Gasteiger partial charge >= 0.3 is 12.4 Å². The van der Waals surface area contributed by atoms with Crippen molar-refractivity contribution in [3.63, 3.8) is 0 Å². The van der Waals surface area contributed by atoms with Gasteiger partial charge in [-0.15, -0.1) is 0 Å². The molecule has 0 atom stereocenters. The summed E-state index contributed by atoms with van der Waals surface area (Å²) in [6.45, 7) is 0.210. The molecule has 0 spiro atoms. The lowest BCUT2D eigenvalue weighted by Crippen LogP contribution is -2.28. The average molecular weight is 753 g/mol. The minimum atomic E-state index is -4.57. The molecule has 7 rings (SSSR count). The van der Waals surface area contributed by atoms with E-state index < -0.39 is 28.9 Å². The lowest BCUT2D eigenvalue weighted by Gasteiger charge is -2.34. The maximum atomic E-state index is 13.5. The first-order valence-corrected chi connectivity index (χ1v) is 17.9. The normalized spacial score (nSPS) is 13.3. The molecule has 1 aliphatic carbocycles. The van der Waals surface area contributed by atoms with Crippen LogP contribution in [0.5, 0.6) is 11.5 Å². The van der Waals surface area contributed by atoms with Gasteiger partial charge in [-0.3, -0.25) is 0 Å². The van der Waals surface area contributed by atoms with E-state index in [4.69, 9.17) is 20.9 Å². The Morgan fingerprint density at radius 3 is 1.24 bits per heavy atom. The average Bonchev–Trinajstić information content (AvgIpc) is 3.47. The highest BCUT2D eigenvalue weighted by molar-refractivity contribution is 5.86. The van der Waals surface area contributed by atoms with Crippen LogP contribution in [0.25, 0.3) is 11.1 Å². The molecule has 0 bridgehead atoms. The zero-order valence-corrected chi connectivity index (χ0v) is 29.7. The van der Waals surface area contributed by atoms with Gasteiger partial charge in [0.15, 0.2) is 0 Å². The van der Waals surface area contributed by atoms with Gasteiger partial charge in [0.2, 0.25) is 0 Å². The summed E-state index contributed by atoms with van der Waals surface area (Å²) in [6, 6.07) is 40.5. The molecule has 0 saturated heterocycles. The van der Waals surface area contributed by atoms with Gasteiger partial charge in [0.05, 0.1) is 29.8 Å². The van der Waals surface area contributed by atoms with Gasteiger partial charge in [-0.1, -0.05) is 97.1 Å².